The van der Waals surface area contributed by atoms with Gasteiger partial charge in [0.15, 0.2) is 15.0 Å². The van der Waals surface area contributed by atoms with E-state index in [0.717, 1.165) is 15.8 Å². The molecule has 0 unspecified atom stereocenters. The summed E-state index contributed by atoms with van der Waals surface area (Å²) in [5, 5.41) is 0.912. The summed E-state index contributed by atoms with van der Waals surface area (Å²) < 4.78 is 31.8. The number of thiazole rings is 1. The average molecular weight is 502 g/mol. The molecule has 4 rings (SSSR count). The molecule has 0 atom stereocenters. The van der Waals surface area contributed by atoms with Gasteiger partial charge in [-0.15, -0.1) is 0 Å². The van der Waals surface area contributed by atoms with E-state index >= 15 is 0 Å². The zero-order valence-corrected chi connectivity index (χ0v) is 20.2. The van der Waals surface area contributed by atoms with E-state index in [2.05, 4.69) is 9.97 Å². The van der Waals surface area contributed by atoms with Gasteiger partial charge >= 0.3 is 0 Å². The van der Waals surface area contributed by atoms with E-state index in [4.69, 9.17) is 16.3 Å². The third-order valence-electron chi connectivity index (χ3n) is 5.04. The molecule has 33 heavy (non-hydrogen) atoms. The monoisotopic (exact) mass is 501 g/mol. The number of rotatable bonds is 7. The van der Waals surface area contributed by atoms with Crippen LogP contribution in [0.25, 0.3) is 10.2 Å². The van der Waals surface area contributed by atoms with Gasteiger partial charge in [-0.2, -0.15) is 0 Å². The van der Waals surface area contributed by atoms with Crippen molar-refractivity contribution in [3.05, 3.63) is 77.1 Å². The molecular formula is C23H20ClN3O4S2. The van der Waals surface area contributed by atoms with Crippen LogP contribution in [0.1, 0.15) is 11.1 Å². The van der Waals surface area contributed by atoms with Gasteiger partial charge in [0.2, 0.25) is 5.91 Å². The number of carbonyl (C=O) groups is 1. The van der Waals surface area contributed by atoms with Gasteiger partial charge in [0.1, 0.15) is 11.5 Å². The predicted molar refractivity (Wildman–Crippen MR) is 130 cm³/mol. The summed E-state index contributed by atoms with van der Waals surface area (Å²) in [7, 11) is -2.39. The molecule has 0 saturated carbocycles. The van der Waals surface area contributed by atoms with Crippen molar-refractivity contribution in [1.82, 2.24) is 9.97 Å². The highest BCUT2D eigenvalue weighted by molar-refractivity contribution is 7.92. The van der Waals surface area contributed by atoms with E-state index < -0.39 is 21.5 Å². The lowest BCUT2D eigenvalue weighted by Crippen LogP contribution is -2.35. The van der Waals surface area contributed by atoms with Gasteiger partial charge in [0, 0.05) is 12.4 Å². The fourth-order valence-corrected chi connectivity index (χ4v) is 5.78. The van der Waals surface area contributed by atoms with Crippen LogP contribution >= 0.6 is 22.9 Å². The number of halogens is 1. The van der Waals surface area contributed by atoms with Crippen LogP contribution in [0.15, 0.2) is 65.8 Å². The lowest BCUT2D eigenvalue weighted by Gasteiger charge is -2.20. The lowest BCUT2D eigenvalue weighted by atomic mass is 10.2. The molecule has 7 nitrogen and oxygen atoms in total. The quantitative estimate of drug-likeness (QED) is 0.365. The minimum atomic E-state index is -3.88. The van der Waals surface area contributed by atoms with Gasteiger partial charge in [-0.3, -0.25) is 14.7 Å². The number of ether oxygens (including phenoxy) is 1. The Labute approximate surface area is 200 Å². The van der Waals surface area contributed by atoms with Crippen LogP contribution in [0, 0.1) is 6.92 Å². The minimum absolute atomic E-state index is 0.0451. The number of benzene rings is 2. The molecule has 0 radical (unpaired) electrons. The topological polar surface area (TPSA) is 89.5 Å². The molecule has 2 heterocycles. The van der Waals surface area contributed by atoms with E-state index in [-0.39, 0.29) is 11.4 Å². The van der Waals surface area contributed by atoms with E-state index in [9.17, 15) is 13.2 Å². The molecule has 4 aromatic rings. The summed E-state index contributed by atoms with van der Waals surface area (Å²) in [6.07, 6.45) is 3.23. The minimum Gasteiger partial charge on any atom is -0.497 e. The van der Waals surface area contributed by atoms with Crippen LogP contribution in [0.5, 0.6) is 5.75 Å². The number of methoxy groups -OCH3 is 1. The van der Waals surface area contributed by atoms with Gasteiger partial charge in [-0.1, -0.05) is 29.0 Å². The van der Waals surface area contributed by atoms with Gasteiger partial charge in [-0.25, -0.2) is 13.4 Å². The number of hydrogen-bond acceptors (Lipinski definition) is 7. The van der Waals surface area contributed by atoms with E-state index in [1.165, 1.54) is 35.5 Å². The molecule has 0 fully saturated rings. The SMILES string of the molecule is COc1ccc(S(=O)(=O)CC(=O)N(Cc2ccncc2)c2nc3c(C)ccc(Cl)c3s2)cc1. The Hall–Kier alpha value is -3.01. The van der Waals surface area contributed by atoms with Crippen LogP contribution in [0.4, 0.5) is 5.13 Å². The summed E-state index contributed by atoms with van der Waals surface area (Å²) in [6, 6.07) is 13.1. The lowest BCUT2D eigenvalue weighted by molar-refractivity contribution is -0.116. The zero-order chi connectivity index (χ0) is 23.6. The Balaban J connectivity index is 1.71. The van der Waals surface area contributed by atoms with Gasteiger partial charge in [0.05, 0.1) is 33.8 Å². The van der Waals surface area contributed by atoms with Crippen LogP contribution in [0.2, 0.25) is 5.02 Å². The first-order valence-corrected chi connectivity index (χ1v) is 12.7. The van der Waals surface area contributed by atoms with E-state index in [0.29, 0.717) is 21.4 Å². The molecule has 0 aliphatic rings. The Kier molecular flexibility index (Phi) is 6.64. The van der Waals surface area contributed by atoms with Crippen LogP contribution in [-0.2, 0) is 21.2 Å². The van der Waals surface area contributed by atoms with Crippen molar-refractivity contribution in [2.45, 2.75) is 18.4 Å². The third kappa shape index (κ3) is 5.00. The summed E-state index contributed by atoms with van der Waals surface area (Å²) in [6.45, 7) is 2.06. The second-order valence-electron chi connectivity index (χ2n) is 7.31. The average Bonchev–Trinajstić information content (AvgIpc) is 3.27. The highest BCUT2D eigenvalue weighted by Crippen LogP contribution is 2.36. The summed E-state index contributed by atoms with van der Waals surface area (Å²) in [5.41, 5.74) is 2.40. The molecule has 170 valence electrons. The molecule has 0 aliphatic heterocycles. The van der Waals surface area contributed by atoms with Gasteiger partial charge in [-0.05, 0) is 60.5 Å². The van der Waals surface area contributed by atoms with Gasteiger partial charge < -0.3 is 4.74 Å². The first kappa shape index (κ1) is 23.2. The summed E-state index contributed by atoms with van der Waals surface area (Å²) in [4.78, 5) is 23.4. The highest BCUT2D eigenvalue weighted by atomic mass is 35.5. The molecule has 10 heteroatoms. The molecule has 2 aromatic carbocycles. The van der Waals surface area contributed by atoms with Crippen LogP contribution in [0.3, 0.4) is 0 Å². The van der Waals surface area contributed by atoms with Crippen molar-refractivity contribution in [3.8, 4) is 5.75 Å². The molecular weight excluding hydrogens is 482 g/mol. The maximum absolute atomic E-state index is 13.3. The molecule has 0 saturated heterocycles. The molecule has 2 aromatic heterocycles. The number of anilines is 1. The van der Waals surface area contributed by atoms with Crippen molar-refractivity contribution in [2.24, 2.45) is 0 Å². The first-order valence-electron chi connectivity index (χ1n) is 9.90. The number of sulfone groups is 1. The fourth-order valence-electron chi connectivity index (χ4n) is 3.25. The number of aryl methyl sites for hydroxylation is 1. The normalized spacial score (nSPS) is 11.5. The van der Waals surface area contributed by atoms with Crippen molar-refractivity contribution >= 4 is 54.0 Å². The van der Waals surface area contributed by atoms with Crippen molar-refractivity contribution in [1.29, 1.82) is 0 Å². The molecule has 0 N–H and O–H groups in total. The number of aromatic nitrogens is 2. The van der Waals surface area contributed by atoms with E-state index in [1.54, 1.807) is 42.7 Å². The standard InChI is InChI=1S/C23H20ClN3O4S2/c1-15-3-8-19(24)22-21(15)26-23(32-22)27(13-16-9-11-25-12-10-16)20(28)14-33(29,30)18-6-4-17(31-2)5-7-18/h3-12H,13-14H2,1-2H3. The Morgan fingerprint density at radius 1 is 1.09 bits per heavy atom. The molecule has 1 amide bonds. The zero-order valence-electron chi connectivity index (χ0n) is 17.9. The fraction of sp³-hybridized carbons (Fsp3) is 0.174. The predicted octanol–water partition coefficient (Wildman–Crippen LogP) is 4.67. The second-order valence-corrected chi connectivity index (χ2v) is 10.7. The van der Waals surface area contributed by atoms with Crippen LogP contribution in [-0.4, -0.2) is 37.2 Å². The van der Waals surface area contributed by atoms with Crippen LogP contribution < -0.4 is 9.64 Å². The maximum Gasteiger partial charge on any atom is 0.244 e. The Morgan fingerprint density at radius 3 is 2.42 bits per heavy atom. The summed E-state index contributed by atoms with van der Waals surface area (Å²) >= 11 is 7.61. The number of fused-ring (bicyclic) bond motifs is 1. The number of pyridine rings is 1. The largest absolute Gasteiger partial charge is 0.497 e. The van der Waals surface area contributed by atoms with E-state index in [1.807, 2.05) is 13.0 Å². The van der Waals surface area contributed by atoms with Gasteiger partial charge in [0.25, 0.3) is 0 Å². The third-order valence-corrected chi connectivity index (χ3v) is 8.20. The van der Waals surface area contributed by atoms with Crippen molar-refractivity contribution in [2.75, 3.05) is 17.8 Å². The maximum atomic E-state index is 13.3. The number of nitrogens with zero attached hydrogens (tertiary/aromatic N) is 3. The number of hydrogen-bond donors (Lipinski definition) is 0. The highest BCUT2D eigenvalue weighted by Gasteiger charge is 2.27. The van der Waals surface area contributed by atoms with Crippen molar-refractivity contribution < 1.29 is 17.9 Å². The molecule has 0 bridgehead atoms. The Morgan fingerprint density at radius 2 is 1.79 bits per heavy atom. The number of carbonyl (C=O) groups excluding carboxylic acids is 1. The first-order chi connectivity index (χ1) is 15.8. The Bertz CT molecular complexity index is 1370. The second kappa shape index (κ2) is 9.46. The molecule has 0 aliphatic carbocycles. The molecule has 0 spiro atoms. The smallest absolute Gasteiger partial charge is 0.244 e. The van der Waals surface area contributed by atoms with Crippen molar-refractivity contribution in [3.63, 3.8) is 0 Å². The summed E-state index contributed by atoms with van der Waals surface area (Å²) in [5.74, 6) is -0.760. The number of amides is 1.